The fourth-order valence-electron chi connectivity index (χ4n) is 21.5. The Morgan fingerprint density at radius 1 is 0.111 bits per heavy atom. The molecule has 25 aromatic carbocycles. The van der Waals surface area contributed by atoms with Gasteiger partial charge >= 0.3 is 0 Å². The van der Waals surface area contributed by atoms with Crippen LogP contribution in [-0.4, -0.2) is 9.13 Å². The molecular formula is C124H76N2. The Balaban J connectivity index is 0.000000134. The Labute approximate surface area is 726 Å². The van der Waals surface area contributed by atoms with Crippen LogP contribution < -0.4 is 0 Å². The van der Waals surface area contributed by atoms with Crippen LogP contribution in [0.3, 0.4) is 0 Å². The summed E-state index contributed by atoms with van der Waals surface area (Å²) in [6, 6.07) is 171. The zero-order valence-electron chi connectivity index (χ0n) is 68.8. The van der Waals surface area contributed by atoms with Crippen molar-refractivity contribution in [2.75, 3.05) is 0 Å². The predicted molar refractivity (Wildman–Crippen MR) is 542 cm³/mol. The van der Waals surface area contributed by atoms with Crippen molar-refractivity contribution in [3.8, 4) is 78.1 Å². The maximum atomic E-state index is 2.47. The van der Waals surface area contributed by atoms with Gasteiger partial charge in [0.2, 0.25) is 0 Å². The summed E-state index contributed by atoms with van der Waals surface area (Å²) in [6.07, 6.45) is 0. The smallest absolute Gasteiger partial charge is 0.0547 e. The molecule has 0 aliphatic rings. The van der Waals surface area contributed by atoms with Crippen LogP contribution in [0.4, 0.5) is 0 Å². The van der Waals surface area contributed by atoms with E-state index in [0.29, 0.717) is 0 Å². The van der Waals surface area contributed by atoms with Crippen LogP contribution in [0.1, 0.15) is 0 Å². The number of benzene rings is 25. The van der Waals surface area contributed by atoms with Crippen LogP contribution in [0.15, 0.2) is 461 Å². The number of fused-ring (bicyclic) bond motifs is 23. The van der Waals surface area contributed by atoms with Crippen molar-refractivity contribution < 1.29 is 0 Å². The fourth-order valence-corrected chi connectivity index (χ4v) is 21.5. The molecule has 27 aromatic rings. The molecule has 0 bridgehead atoms. The largest absolute Gasteiger partial charge is 0.309 e. The van der Waals surface area contributed by atoms with Gasteiger partial charge in [-0.05, 0) is 292 Å². The lowest BCUT2D eigenvalue weighted by atomic mass is 9.83. The summed E-state index contributed by atoms with van der Waals surface area (Å²) >= 11 is 0. The van der Waals surface area contributed by atoms with E-state index in [1.807, 2.05) is 0 Å². The van der Waals surface area contributed by atoms with Crippen molar-refractivity contribution in [2.24, 2.45) is 0 Å². The summed E-state index contributed by atoms with van der Waals surface area (Å²) in [5, 5.41) is 37.8. The minimum atomic E-state index is 1.16. The maximum Gasteiger partial charge on any atom is 0.0547 e. The van der Waals surface area contributed by atoms with Crippen molar-refractivity contribution in [3.05, 3.63) is 461 Å². The second-order valence-electron chi connectivity index (χ2n) is 34.0. The average Bonchev–Trinajstić information content (AvgIpc) is 1.50. The second kappa shape index (κ2) is 28.6. The lowest BCUT2D eigenvalue weighted by molar-refractivity contribution is 1.19. The van der Waals surface area contributed by atoms with E-state index in [1.165, 1.54) is 250 Å². The molecule has 2 aromatic heterocycles. The van der Waals surface area contributed by atoms with Gasteiger partial charge < -0.3 is 9.13 Å². The van der Waals surface area contributed by atoms with E-state index < -0.39 is 0 Å². The molecule has 0 fully saturated rings. The zero-order valence-corrected chi connectivity index (χ0v) is 68.8. The van der Waals surface area contributed by atoms with Crippen molar-refractivity contribution in [1.29, 1.82) is 0 Å². The monoisotopic (exact) mass is 1590 g/mol. The molecule has 0 aliphatic carbocycles. The lowest BCUT2D eigenvalue weighted by Crippen LogP contribution is -1.94. The number of aromatic nitrogens is 2. The Morgan fingerprint density at radius 2 is 0.349 bits per heavy atom. The van der Waals surface area contributed by atoms with Gasteiger partial charge in [-0.15, -0.1) is 0 Å². The van der Waals surface area contributed by atoms with Crippen LogP contribution in [0.5, 0.6) is 0 Å². The van der Waals surface area contributed by atoms with E-state index in [9.17, 15) is 0 Å². The molecular weight excluding hydrogens is 1520 g/mol. The van der Waals surface area contributed by atoms with Gasteiger partial charge in [-0.25, -0.2) is 0 Å². The fraction of sp³-hybridized carbons (Fsp3) is 0. The van der Waals surface area contributed by atoms with Crippen molar-refractivity contribution in [3.63, 3.8) is 0 Å². The number of hydrogen-bond acceptors (Lipinski definition) is 0. The van der Waals surface area contributed by atoms with E-state index >= 15 is 0 Å². The molecule has 582 valence electrons. The molecule has 0 radical (unpaired) electrons. The first-order chi connectivity index (χ1) is 62.5. The average molecular weight is 1590 g/mol. The lowest BCUT2D eigenvalue weighted by Gasteiger charge is -2.20. The molecule has 27 rings (SSSR count). The molecule has 0 N–H and O–H groups in total. The quantitative estimate of drug-likeness (QED) is 0.134. The van der Waals surface area contributed by atoms with E-state index in [-0.39, 0.29) is 0 Å². The van der Waals surface area contributed by atoms with E-state index in [2.05, 4.69) is 470 Å². The number of nitrogens with zero attached hydrogens (tertiary/aromatic N) is 2. The Kier molecular flexibility index (Phi) is 16.1. The third-order valence-electron chi connectivity index (χ3n) is 27.1. The summed E-state index contributed by atoms with van der Waals surface area (Å²) in [5.41, 5.74) is 22.1. The highest BCUT2D eigenvalue weighted by molar-refractivity contribution is 6.32. The topological polar surface area (TPSA) is 9.86 Å². The standard InChI is InChI=1S/C64H39N.C60H37N/c1-2-16-42(17-3-1)60-54-24-12-13-25-55(54)62(56-33-29-48(39-57(56)60)61-52-22-10-6-18-45(52)37-46-19-7-11-23-53(46)61)47-27-26-44-38-49(32-28-43(44)36-47)65-58-34-30-40-14-4-8-20-50(40)63(58)64-51-21-9-5-15-41(51)31-35-59(64)65;1-2-15-41(16-3-1)57-51-20-10-11-21-52(51)58(53-31-27-46(37-54(53)57)43-23-22-38-12-4-5-17-42(38)34-43)47-25-24-45-36-48(30-26-44(45)35-47)61-55-32-28-39-13-6-8-18-49(39)59(55)60-50-19-9-7-14-40(50)29-33-56(60)61/h1-39H;1-37H. The van der Waals surface area contributed by atoms with Crippen LogP contribution in [-0.2, 0) is 0 Å². The van der Waals surface area contributed by atoms with E-state index in [1.54, 1.807) is 0 Å². The molecule has 0 atom stereocenters. The summed E-state index contributed by atoms with van der Waals surface area (Å²) < 4.78 is 4.93. The third-order valence-corrected chi connectivity index (χ3v) is 27.1. The van der Waals surface area contributed by atoms with Gasteiger partial charge in [-0.1, -0.05) is 376 Å². The molecule has 0 unspecified atom stereocenters. The molecule has 0 amide bonds. The number of rotatable bonds is 8. The van der Waals surface area contributed by atoms with Gasteiger partial charge in [-0.2, -0.15) is 0 Å². The predicted octanol–water partition coefficient (Wildman–Crippen LogP) is 34.6. The summed E-state index contributed by atoms with van der Waals surface area (Å²) in [7, 11) is 0. The maximum absolute atomic E-state index is 2.47. The molecule has 2 nitrogen and oxygen atoms in total. The minimum absolute atomic E-state index is 1.16. The summed E-state index contributed by atoms with van der Waals surface area (Å²) in [4.78, 5) is 0. The zero-order chi connectivity index (χ0) is 82.6. The van der Waals surface area contributed by atoms with E-state index in [4.69, 9.17) is 0 Å². The molecule has 0 saturated carbocycles. The summed E-state index contributed by atoms with van der Waals surface area (Å²) in [6.45, 7) is 0. The van der Waals surface area contributed by atoms with Gasteiger partial charge in [0.05, 0.1) is 22.1 Å². The van der Waals surface area contributed by atoms with Crippen LogP contribution in [0.25, 0.3) is 262 Å². The molecule has 2 heterocycles. The minimum Gasteiger partial charge on any atom is -0.309 e. The first-order valence-electron chi connectivity index (χ1n) is 43.7. The Bertz CT molecular complexity index is 9050. The normalized spacial score (nSPS) is 12.0. The van der Waals surface area contributed by atoms with Crippen LogP contribution in [0, 0.1) is 0 Å². The highest BCUT2D eigenvalue weighted by Gasteiger charge is 2.25. The van der Waals surface area contributed by atoms with Gasteiger partial charge in [0.15, 0.2) is 0 Å². The van der Waals surface area contributed by atoms with E-state index in [0.717, 1.165) is 11.4 Å². The first-order valence-corrected chi connectivity index (χ1v) is 43.7. The SMILES string of the molecule is c1ccc(-c2c3ccccc3c(-c3ccc4cc(-n5c6ccc7ccccc7c6c6c7ccccc7ccc65)ccc4c3)c3ccc(-c4c5ccccc5cc5ccccc45)cc23)cc1.c1ccc(-c2c3ccccc3c(-c3ccc4cc(-n5c6ccc7ccccc7c6c6c7ccccc7ccc65)ccc4c3)c3ccc(-c4ccc5ccccc5c4)cc23)cc1. The van der Waals surface area contributed by atoms with Crippen molar-refractivity contribution in [2.45, 2.75) is 0 Å². The first kappa shape index (κ1) is 71.2. The summed E-state index contributed by atoms with van der Waals surface area (Å²) in [5.74, 6) is 0. The highest BCUT2D eigenvalue weighted by Crippen LogP contribution is 2.51. The highest BCUT2D eigenvalue weighted by atomic mass is 15.0. The van der Waals surface area contributed by atoms with Crippen molar-refractivity contribution >= 4 is 184 Å². The molecule has 0 spiro atoms. The van der Waals surface area contributed by atoms with Crippen LogP contribution >= 0.6 is 0 Å². The molecule has 0 saturated heterocycles. The molecule has 0 aliphatic heterocycles. The van der Waals surface area contributed by atoms with Crippen LogP contribution in [0.2, 0.25) is 0 Å². The Morgan fingerprint density at radius 3 is 0.762 bits per heavy atom. The van der Waals surface area contributed by atoms with Gasteiger partial charge in [0.25, 0.3) is 0 Å². The second-order valence-corrected chi connectivity index (χ2v) is 34.0. The molecule has 2 heteroatoms. The van der Waals surface area contributed by atoms with Crippen molar-refractivity contribution in [1.82, 2.24) is 9.13 Å². The van der Waals surface area contributed by atoms with Gasteiger partial charge in [-0.3, -0.25) is 0 Å². The third kappa shape index (κ3) is 11.2. The molecule has 126 heavy (non-hydrogen) atoms. The van der Waals surface area contributed by atoms with Gasteiger partial charge in [0, 0.05) is 32.9 Å². The Hall–Kier alpha value is -16.5. The van der Waals surface area contributed by atoms with Gasteiger partial charge in [0.1, 0.15) is 0 Å². The number of hydrogen-bond donors (Lipinski definition) is 0.